The van der Waals surface area contributed by atoms with Gasteiger partial charge in [-0.05, 0) is 64.8 Å². The highest BCUT2D eigenvalue weighted by atomic mass is 16.3. The first-order valence-electron chi connectivity index (χ1n) is 12.1. The standard InChI is InChI=1S/C24H38N6O/c1-4-5-16(2)28-24-27-15-21-22(29-24)20(17-6-8-19(31)9-7-17)14-26-23(21)30-12-10-18(25-3)11-13-30/h14-19,25,31H,4-13H2,1-3H3,(H,27,28,29)/t16?,17-,19-. The first kappa shape index (κ1) is 22.2. The van der Waals surface area contributed by atoms with Gasteiger partial charge in [-0.1, -0.05) is 13.3 Å². The lowest BCUT2D eigenvalue weighted by Gasteiger charge is -2.33. The highest BCUT2D eigenvalue weighted by Crippen LogP contribution is 2.38. The summed E-state index contributed by atoms with van der Waals surface area (Å²) in [5.74, 6) is 2.12. The second kappa shape index (κ2) is 10.1. The smallest absolute Gasteiger partial charge is 0.223 e. The van der Waals surface area contributed by atoms with Crippen LogP contribution in [0, 0.1) is 0 Å². The summed E-state index contributed by atoms with van der Waals surface area (Å²) in [6.45, 7) is 6.38. The Balaban J connectivity index is 1.68. The lowest BCUT2D eigenvalue weighted by Crippen LogP contribution is -2.41. The van der Waals surface area contributed by atoms with Crippen molar-refractivity contribution in [3.63, 3.8) is 0 Å². The minimum Gasteiger partial charge on any atom is -0.393 e. The highest BCUT2D eigenvalue weighted by Gasteiger charge is 2.26. The first-order chi connectivity index (χ1) is 15.1. The third-order valence-electron chi connectivity index (χ3n) is 7.07. The number of aliphatic hydroxyl groups excluding tert-OH is 1. The van der Waals surface area contributed by atoms with Gasteiger partial charge in [0.15, 0.2) is 0 Å². The number of fused-ring (bicyclic) bond motifs is 1. The molecule has 3 heterocycles. The van der Waals surface area contributed by atoms with Crippen LogP contribution in [-0.4, -0.2) is 58.4 Å². The summed E-state index contributed by atoms with van der Waals surface area (Å²) in [6, 6.07) is 0.931. The van der Waals surface area contributed by atoms with E-state index in [0.717, 1.165) is 81.2 Å². The zero-order valence-electron chi connectivity index (χ0n) is 19.3. The van der Waals surface area contributed by atoms with E-state index in [-0.39, 0.29) is 6.10 Å². The van der Waals surface area contributed by atoms with Gasteiger partial charge in [0.25, 0.3) is 0 Å². The van der Waals surface area contributed by atoms with Crippen LogP contribution in [0.25, 0.3) is 10.9 Å². The van der Waals surface area contributed by atoms with Crippen molar-refractivity contribution < 1.29 is 5.11 Å². The Bertz CT molecular complexity index is 859. The van der Waals surface area contributed by atoms with E-state index < -0.39 is 0 Å². The predicted octanol–water partition coefficient (Wildman–Crippen LogP) is 3.83. The van der Waals surface area contributed by atoms with Crippen molar-refractivity contribution in [1.29, 1.82) is 0 Å². The van der Waals surface area contributed by atoms with E-state index in [4.69, 9.17) is 9.97 Å². The zero-order chi connectivity index (χ0) is 21.8. The Morgan fingerprint density at radius 3 is 2.52 bits per heavy atom. The number of hydrogen-bond donors (Lipinski definition) is 3. The van der Waals surface area contributed by atoms with Crippen molar-refractivity contribution in [2.24, 2.45) is 0 Å². The molecule has 1 aliphatic carbocycles. The fourth-order valence-electron chi connectivity index (χ4n) is 5.14. The average Bonchev–Trinajstić information content (AvgIpc) is 2.79. The predicted molar refractivity (Wildman–Crippen MR) is 127 cm³/mol. The van der Waals surface area contributed by atoms with Crippen molar-refractivity contribution in [3.8, 4) is 0 Å². The van der Waals surface area contributed by atoms with Crippen LogP contribution in [0.5, 0.6) is 0 Å². The van der Waals surface area contributed by atoms with E-state index in [0.29, 0.717) is 23.9 Å². The Kier molecular flexibility index (Phi) is 7.23. The van der Waals surface area contributed by atoms with E-state index >= 15 is 0 Å². The molecule has 1 unspecified atom stereocenters. The van der Waals surface area contributed by atoms with Gasteiger partial charge in [0.2, 0.25) is 5.95 Å². The van der Waals surface area contributed by atoms with Gasteiger partial charge >= 0.3 is 0 Å². The van der Waals surface area contributed by atoms with Gasteiger partial charge in [-0.25, -0.2) is 15.0 Å². The van der Waals surface area contributed by atoms with Crippen LogP contribution in [0.2, 0.25) is 0 Å². The fraction of sp³-hybridized carbons (Fsp3) is 0.708. The SMILES string of the molecule is CCCC(C)Nc1ncc2c(N3CCC(NC)CC3)ncc([C@H]3CC[C@H](O)CC3)c2n1. The zero-order valence-corrected chi connectivity index (χ0v) is 19.3. The maximum atomic E-state index is 9.97. The Morgan fingerprint density at radius 2 is 1.84 bits per heavy atom. The normalized spacial score (nSPS) is 23.8. The van der Waals surface area contributed by atoms with Crippen molar-refractivity contribution in [3.05, 3.63) is 18.0 Å². The molecule has 0 spiro atoms. The molecule has 2 fully saturated rings. The third kappa shape index (κ3) is 5.09. The number of hydrogen-bond acceptors (Lipinski definition) is 7. The van der Waals surface area contributed by atoms with Gasteiger partial charge in [-0.3, -0.25) is 0 Å². The van der Waals surface area contributed by atoms with Crippen LogP contribution in [0.4, 0.5) is 11.8 Å². The lowest BCUT2D eigenvalue weighted by molar-refractivity contribution is 0.122. The molecule has 7 heteroatoms. The molecule has 1 saturated carbocycles. The first-order valence-corrected chi connectivity index (χ1v) is 12.1. The van der Waals surface area contributed by atoms with E-state index in [1.54, 1.807) is 0 Å². The second-order valence-corrected chi connectivity index (χ2v) is 9.38. The number of anilines is 2. The molecule has 31 heavy (non-hydrogen) atoms. The second-order valence-electron chi connectivity index (χ2n) is 9.38. The van der Waals surface area contributed by atoms with Gasteiger partial charge in [-0.15, -0.1) is 0 Å². The molecular weight excluding hydrogens is 388 g/mol. The van der Waals surface area contributed by atoms with E-state index in [1.165, 1.54) is 5.56 Å². The van der Waals surface area contributed by atoms with Crippen molar-refractivity contribution in [1.82, 2.24) is 20.3 Å². The van der Waals surface area contributed by atoms with Crippen LogP contribution < -0.4 is 15.5 Å². The van der Waals surface area contributed by atoms with Gasteiger partial charge in [0.1, 0.15) is 5.82 Å². The summed E-state index contributed by atoms with van der Waals surface area (Å²) < 4.78 is 0. The van der Waals surface area contributed by atoms with Crippen LogP contribution in [0.15, 0.2) is 12.4 Å². The lowest BCUT2D eigenvalue weighted by atomic mass is 9.82. The molecule has 170 valence electrons. The number of piperidine rings is 1. The highest BCUT2D eigenvalue weighted by molar-refractivity contribution is 5.92. The van der Waals surface area contributed by atoms with Crippen molar-refractivity contribution >= 4 is 22.7 Å². The fourth-order valence-corrected chi connectivity index (χ4v) is 5.14. The molecular formula is C24H38N6O. The quantitative estimate of drug-likeness (QED) is 0.620. The molecule has 0 bridgehead atoms. The van der Waals surface area contributed by atoms with Crippen LogP contribution in [0.1, 0.15) is 76.7 Å². The largest absolute Gasteiger partial charge is 0.393 e. The summed E-state index contributed by atoms with van der Waals surface area (Å²) in [7, 11) is 2.05. The topological polar surface area (TPSA) is 86.2 Å². The number of rotatable bonds is 7. The molecule has 7 nitrogen and oxygen atoms in total. The van der Waals surface area contributed by atoms with Crippen LogP contribution in [0.3, 0.4) is 0 Å². The number of nitrogens with zero attached hydrogens (tertiary/aromatic N) is 4. The number of aliphatic hydroxyl groups is 1. The molecule has 0 amide bonds. The van der Waals surface area contributed by atoms with Gasteiger partial charge in [0.05, 0.1) is 17.0 Å². The molecule has 2 aromatic rings. The van der Waals surface area contributed by atoms with Gasteiger partial charge < -0.3 is 20.6 Å². The van der Waals surface area contributed by atoms with E-state index in [2.05, 4.69) is 40.6 Å². The maximum absolute atomic E-state index is 9.97. The monoisotopic (exact) mass is 426 g/mol. The molecule has 0 aromatic carbocycles. The molecule has 2 aromatic heterocycles. The van der Waals surface area contributed by atoms with Crippen molar-refractivity contribution in [2.45, 2.75) is 89.3 Å². The molecule has 2 aliphatic rings. The third-order valence-corrected chi connectivity index (χ3v) is 7.07. The van der Waals surface area contributed by atoms with Crippen LogP contribution in [-0.2, 0) is 0 Å². The van der Waals surface area contributed by atoms with Crippen LogP contribution >= 0.6 is 0 Å². The Labute approximate surface area is 186 Å². The Hall–Kier alpha value is -1.99. The number of nitrogens with one attached hydrogen (secondary N) is 2. The molecule has 3 N–H and O–H groups in total. The molecule has 1 aliphatic heterocycles. The molecule has 1 saturated heterocycles. The summed E-state index contributed by atoms with van der Waals surface area (Å²) in [4.78, 5) is 17.0. The summed E-state index contributed by atoms with van der Waals surface area (Å²) in [5, 5.41) is 17.9. The van der Waals surface area contributed by atoms with Gasteiger partial charge in [0, 0.05) is 43.1 Å². The van der Waals surface area contributed by atoms with Gasteiger partial charge in [-0.2, -0.15) is 0 Å². The number of aromatic nitrogens is 3. The van der Waals surface area contributed by atoms with E-state index in [9.17, 15) is 5.11 Å². The van der Waals surface area contributed by atoms with Crippen molar-refractivity contribution in [2.75, 3.05) is 30.4 Å². The maximum Gasteiger partial charge on any atom is 0.223 e. The molecule has 4 rings (SSSR count). The Morgan fingerprint density at radius 1 is 1.10 bits per heavy atom. The average molecular weight is 427 g/mol. The number of pyridine rings is 1. The summed E-state index contributed by atoms with van der Waals surface area (Å²) >= 11 is 0. The summed E-state index contributed by atoms with van der Waals surface area (Å²) in [5.41, 5.74) is 2.24. The molecule has 0 radical (unpaired) electrons. The summed E-state index contributed by atoms with van der Waals surface area (Å²) in [6.07, 6.45) is 12.0. The minimum atomic E-state index is -0.162. The molecule has 1 atom stereocenters. The minimum absolute atomic E-state index is 0.162. The van der Waals surface area contributed by atoms with E-state index in [1.807, 2.05) is 13.2 Å².